The predicted molar refractivity (Wildman–Crippen MR) is 106 cm³/mol. The number of carboxylic acids is 1. The van der Waals surface area contributed by atoms with Crippen molar-refractivity contribution in [3.05, 3.63) is 60.2 Å². The number of carbonyl (C=O) groups excluding carboxylic acids is 1. The second-order valence-electron chi connectivity index (χ2n) is 5.57. The first-order valence-corrected chi connectivity index (χ1v) is 8.83. The van der Waals surface area contributed by atoms with Gasteiger partial charge in [0.15, 0.2) is 5.69 Å². The molecule has 28 heavy (non-hydrogen) atoms. The van der Waals surface area contributed by atoms with Crippen LogP contribution in [0.3, 0.4) is 0 Å². The number of hydrogen-bond acceptors (Lipinski definition) is 7. The molecule has 0 radical (unpaired) electrons. The van der Waals surface area contributed by atoms with Crippen LogP contribution in [0.4, 0.5) is 10.5 Å². The summed E-state index contributed by atoms with van der Waals surface area (Å²) in [6.45, 7) is 0. The van der Waals surface area contributed by atoms with Crippen LogP contribution in [0.2, 0.25) is 0 Å². The lowest BCUT2D eigenvalue weighted by Gasteiger charge is -2.02. The van der Waals surface area contributed by atoms with Crippen molar-refractivity contribution in [3.8, 4) is 5.88 Å². The van der Waals surface area contributed by atoms with Crippen molar-refractivity contribution < 1.29 is 19.8 Å². The summed E-state index contributed by atoms with van der Waals surface area (Å²) in [6.07, 6.45) is 0.0614. The predicted octanol–water partition coefficient (Wildman–Crippen LogP) is 4.00. The van der Waals surface area contributed by atoms with Gasteiger partial charge in [0.2, 0.25) is 5.88 Å². The molecule has 0 aliphatic heterocycles. The van der Waals surface area contributed by atoms with Crippen molar-refractivity contribution in [2.75, 3.05) is 0 Å². The number of aromatic nitrogens is 1. The van der Waals surface area contributed by atoms with Crippen LogP contribution in [-0.4, -0.2) is 32.1 Å². The van der Waals surface area contributed by atoms with Crippen LogP contribution in [0.15, 0.2) is 69.3 Å². The molecule has 0 bridgehead atoms. The minimum atomic E-state index is -1.24. The van der Waals surface area contributed by atoms with E-state index in [0.717, 1.165) is 5.56 Å². The smallest absolute Gasteiger partial charge is 0.352 e. The molecule has 0 saturated carbocycles. The number of fused-ring (bicyclic) bond motifs is 1. The SMILES string of the molecule is O=C(N/N=C(/Cc1ccccc1)C(=O)O)SN=Nc1c(O)[nH]c2ccccc12. The average Bonchev–Trinajstić information content (AvgIpc) is 3.01. The van der Waals surface area contributed by atoms with Crippen LogP contribution >= 0.6 is 11.9 Å². The van der Waals surface area contributed by atoms with Gasteiger partial charge in [0.1, 0.15) is 5.71 Å². The molecule has 0 fully saturated rings. The van der Waals surface area contributed by atoms with E-state index in [9.17, 15) is 19.8 Å². The van der Waals surface area contributed by atoms with E-state index in [-0.39, 0.29) is 23.7 Å². The maximum Gasteiger partial charge on any atom is 0.352 e. The van der Waals surface area contributed by atoms with E-state index in [1.165, 1.54) is 0 Å². The number of amides is 1. The summed E-state index contributed by atoms with van der Waals surface area (Å²) in [7, 11) is 0. The maximum absolute atomic E-state index is 11.8. The zero-order valence-electron chi connectivity index (χ0n) is 14.4. The van der Waals surface area contributed by atoms with E-state index >= 15 is 0 Å². The Bertz CT molecular complexity index is 1060. The molecule has 2 aromatic carbocycles. The zero-order valence-corrected chi connectivity index (χ0v) is 15.2. The van der Waals surface area contributed by atoms with E-state index in [2.05, 4.69) is 25.1 Å². The van der Waals surface area contributed by atoms with Crippen LogP contribution in [0.25, 0.3) is 10.9 Å². The number of hydrogen-bond donors (Lipinski definition) is 4. The fourth-order valence-corrected chi connectivity index (χ4v) is 2.68. The highest BCUT2D eigenvalue weighted by Crippen LogP contribution is 2.35. The van der Waals surface area contributed by atoms with Gasteiger partial charge in [0.25, 0.3) is 0 Å². The molecule has 3 rings (SSSR count). The number of para-hydroxylation sites is 1. The molecular formula is C18H15N5O4S. The quantitative estimate of drug-likeness (QED) is 0.215. The van der Waals surface area contributed by atoms with Crippen molar-refractivity contribution in [1.29, 1.82) is 0 Å². The maximum atomic E-state index is 11.8. The van der Waals surface area contributed by atoms with E-state index in [1.807, 2.05) is 6.07 Å². The number of carbonyl (C=O) groups is 2. The number of hydrazone groups is 1. The van der Waals surface area contributed by atoms with Crippen molar-refractivity contribution in [2.45, 2.75) is 6.42 Å². The van der Waals surface area contributed by atoms with Crippen LogP contribution in [0.1, 0.15) is 5.56 Å². The number of nitrogens with one attached hydrogen (secondary N) is 2. The number of benzene rings is 2. The standard InChI is InChI=1S/C18H15N5O4S/c24-16-15(12-8-4-5-9-13(12)19-16)21-23-28-18(27)22-20-14(17(25)26)10-11-6-2-1-3-7-11/h1-9,19,24H,10H2,(H,22,27)(H,25,26)/b20-14-,23-21?. The molecule has 1 amide bonds. The lowest BCUT2D eigenvalue weighted by Crippen LogP contribution is -2.22. The van der Waals surface area contributed by atoms with E-state index in [0.29, 0.717) is 22.9 Å². The first-order valence-electron chi connectivity index (χ1n) is 8.06. The molecule has 0 aliphatic carbocycles. The van der Waals surface area contributed by atoms with Gasteiger partial charge in [-0.25, -0.2) is 10.2 Å². The molecule has 10 heteroatoms. The molecule has 0 saturated heterocycles. The molecule has 1 heterocycles. The molecule has 3 aromatic rings. The van der Waals surface area contributed by atoms with Gasteiger partial charge in [-0.15, -0.1) is 9.63 Å². The Morgan fingerprint density at radius 1 is 1.07 bits per heavy atom. The molecule has 0 spiro atoms. The van der Waals surface area contributed by atoms with Crippen molar-refractivity contribution in [1.82, 2.24) is 10.4 Å². The largest absolute Gasteiger partial charge is 0.493 e. The highest BCUT2D eigenvalue weighted by atomic mass is 32.2. The number of carboxylic acid groups (broad SMARTS) is 1. The summed E-state index contributed by atoms with van der Waals surface area (Å²) in [4.78, 5) is 25.9. The van der Waals surface area contributed by atoms with Crippen molar-refractivity contribution >= 4 is 45.5 Å². The van der Waals surface area contributed by atoms with Gasteiger partial charge in [-0.3, -0.25) is 4.79 Å². The number of H-pyrrole nitrogens is 1. The fraction of sp³-hybridized carbons (Fsp3) is 0.0556. The normalized spacial score (nSPS) is 11.8. The molecule has 4 N–H and O–H groups in total. The Morgan fingerprint density at radius 3 is 2.54 bits per heavy atom. The van der Waals surface area contributed by atoms with Gasteiger partial charge >= 0.3 is 11.2 Å². The molecule has 0 unspecified atom stereocenters. The average molecular weight is 397 g/mol. The highest BCUT2D eigenvalue weighted by molar-refractivity contribution is 8.12. The van der Waals surface area contributed by atoms with E-state index in [1.54, 1.807) is 48.5 Å². The van der Waals surface area contributed by atoms with Gasteiger partial charge in [-0.1, -0.05) is 48.5 Å². The molecule has 0 aliphatic rings. The Balaban J connectivity index is 1.62. The van der Waals surface area contributed by atoms with Crippen LogP contribution < -0.4 is 5.43 Å². The van der Waals surface area contributed by atoms with Gasteiger partial charge in [0, 0.05) is 11.8 Å². The van der Waals surface area contributed by atoms with Gasteiger partial charge in [0.05, 0.1) is 17.5 Å². The number of rotatable bonds is 6. The summed E-state index contributed by atoms with van der Waals surface area (Å²) in [5, 5.41) is 26.5. The number of aromatic amines is 1. The lowest BCUT2D eigenvalue weighted by atomic mass is 10.1. The third kappa shape index (κ3) is 4.74. The summed E-state index contributed by atoms with van der Waals surface area (Å²) in [5.41, 5.74) is 3.54. The lowest BCUT2D eigenvalue weighted by molar-refractivity contribution is -0.129. The minimum absolute atomic E-state index is 0.0614. The number of nitrogens with zero attached hydrogens (tertiary/aromatic N) is 3. The highest BCUT2D eigenvalue weighted by Gasteiger charge is 2.12. The molecular weight excluding hydrogens is 382 g/mol. The zero-order chi connectivity index (χ0) is 19.9. The summed E-state index contributed by atoms with van der Waals surface area (Å²) in [5.74, 6) is -1.40. The van der Waals surface area contributed by atoms with Crippen molar-refractivity contribution in [3.63, 3.8) is 0 Å². The Morgan fingerprint density at radius 2 is 1.79 bits per heavy atom. The first-order chi connectivity index (χ1) is 13.5. The molecule has 1 aromatic heterocycles. The van der Waals surface area contributed by atoms with Crippen LogP contribution in [0, 0.1) is 0 Å². The molecule has 142 valence electrons. The van der Waals surface area contributed by atoms with Gasteiger partial charge in [-0.05, 0) is 11.6 Å². The monoisotopic (exact) mass is 397 g/mol. The summed E-state index contributed by atoms with van der Waals surface area (Å²) < 4.78 is 3.66. The van der Waals surface area contributed by atoms with E-state index in [4.69, 9.17) is 0 Å². The second-order valence-corrected chi connectivity index (χ2v) is 6.28. The number of aliphatic carboxylic acids is 1. The van der Waals surface area contributed by atoms with Gasteiger partial charge < -0.3 is 15.2 Å². The van der Waals surface area contributed by atoms with Gasteiger partial charge in [-0.2, -0.15) is 5.10 Å². The third-order valence-corrected chi connectivity index (χ3v) is 4.09. The first kappa shape index (κ1) is 19.1. The van der Waals surface area contributed by atoms with E-state index < -0.39 is 11.2 Å². The van der Waals surface area contributed by atoms with Crippen LogP contribution in [-0.2, 0) is 11.2 Å². The topological polar surface area (TPSA) is 140 Å². The Kier molecular flexibility index (Phi) is 6.02. The van der Waals surface area contributed by atoms with Crippen LogP contribution in [0.5, 0.6) is 5.88 Å². The molecule has 0 atom stereocenters. The Hall–Kier alpha value is -3.66. The summed E-state index contributed by atoms with van der Waals surface area (Å²) in [6, 6.07) is 16.0. The van der Waals surface area contributed by atoms with Crippen molar-refractivity contribution in [2.24, 2.45) is 14.7 Å². The Labute approximate surface area is 163 Å². The third-order valence-electron chi connectivity index (χ3n) is 3.67. The fourth-order valence-electron chi connectivity index (χ4n) is 2.40. The number of aromatic hydroxyl groups is 1. The summed E-state index contributed by atoms with van der Waals surface area (Å²) >= 11 is 0.435. The minimum Gasteiger partial charge on any atom is -0.493 e. The second kappa shape index (κ2) is 8.82. The molecule has 9 nitrogen and oxygen atoms in total.